The first kappa shape index (κ1) is 22.5. The third-order valence-corrected chi connectivity index (χ3v) is 7.62. The number of carbonyl (C=O) groups excluding carboxylic acids is 3. The van der Waals surface area contributed by atoms with Crippen LogP contribution < -0.4 is 10.6 Å². The Morgan fingerprint density at radius 2 is 2.18 bits per heavy atom. The van der Waals surface area contributed by atoms with Gasteiger partial charge in [0.15, 0.2) is 0 Å². The van der Waals surface area contributed by atoms with Crippen LogP contribution in [0.25, 0.3) is 10.9 Å². The molecule has 178 valence electrons. The minimum absolute atomic E-state index is 0.0628. The van der Waals surface area contributed by atoms with Crippen LogP contribution in [0.3, 0.4) is 0 Å². The highest BCUT2D eigenvalue weighted by Crippen LogP contribution is 2.29. The molecule has 0 bridgehead atoms. The number of fused-ring (bicyclic) bond motifs is 2. The van der Waals surface area contributed by atoms with Crippen molar-refractivity contribution >= 4 is 40.0 Å². The zero-order chi connectivity index (χ0) is 23.7. The van der Waals surface area contributed by atoms with E-state index in [-0.39, 0.29) is 23.8 Å². The molecular formula is C24H27N5O4S. The largest absolute Gasteiger partial charge is 0.379 e. The highest BCUT2D eigenvalue weighted by Gasteiger charge is 2.30. The van der Waals surface area contributed by atoms with Crippen LogP contribution in [-0.2, 0) is 22.5 Å². The van der Waals surface area contributed by atoms with Crippen molar-refractivity contribution in [3.63, 3.8) is 0 Å². The number of H-pyrrole nitrogens is 1. The van der Waals surface area contributed by atoms with Crippen molar-refractivity contribution in [3.8, 4) is 0 Å². The predicted octanol–water partition coefficient (Wildman–Crippen LogP) is 2.24. The summed E-state index contributed by atoms with van der Waals surface area (Å²) in [7, 11) is 0. The molecule has 5 rings (SSSR count). The lowest BCUT2D eigenvalue weighted by Gasteiger charge is -2.30. The second-order valence-corrected chi connectivity index (χ2v) is 9.85. The maximum absolute atomic E-state index is 13.3. The van der Waals surface area contributed by atoms with Crippen LogP contribution >= 0.6 is 11.3 Å². The molecule has 0 radical (unpaired) electrons. The lowest BCUT2D eigenvalue weighted by atomic mass is 10.1. The summed E-state index contributed by atoms with van der Waals surface area (Å²) in [5.74, 6) is -0.473. The fourth-order valence-electron chi connectivity index (χ4n) is 4.42. The third kappa shape index (κ3) is 4.55. The molecule has 0 saturated carbocycles. The van der Waals surface area contributed by atoms with Crippen LogP contribution in [0.2, 0.25) is 0 Å². The van der Waals surface area contributed by atoms with Gasteiger partial charge in [-0.3, -0.25) is 19.5 Å². The van der Waals surface area contributed by atoms with E-state index in [1.807, 2.05) is 13.0 Å². The number of aromatic nitrogens is 2. The molecule has 1 fully saturated rings. The standard InChI is InChI=1S/C24H27N5O4S/c1-2-18(27-22(30)14-3-4-19-15(9-14)11-25-28-19)24(32)29-7-5-20-16(12-29)10-21(34-20)23(31)26-17-6-8-33-13-17/h3-4,9-11,17-18H,2,5-8,12-13H2,1H3,(H,25,28)(H,26,31)(H,27,30)/t17?,18-/m1/s1. The average molecular weight is 482 g/mol. The number of nitrogens with zero attached hydrogens (tertiary/aromatic N) is 2. The van der Waals surface area contributed by atoms with Gasteiger partial charge < -0.3 is 20.3 Å². The number of ether oxygens (including phenoxy) is 1. The molecule has 2 aliphatic heterocycles. The van der Waals surface area contributed by atoms with E-state index < -0.39 is 6.04 Å². The van der Waals surface area contributed by atoms with Crippen LogP contribution in [0.15, 0.2) is 30.5 Å². The molecule has 2 aliphatic rings. The number of hydrogen-bond donors (Lipinski definition) is 3. The average Bonchev–Trinajstić information content (AvgIpc) is 3.61. The van der Waals surface area contributed by atoms with Gasteiger partial charge in [-0.05, 0) is 49.1 Å². The van der Waals surface area contributed by atoms with Crippen molar-refractivity contribution in [2.75, 3.05) is 19.8 Å². The highest BCUT2D eigenvalue weighted by molar-refractivity contribution is 7.14. The Morgan fingerprint density at radius 3 is 2.97 bits per heavy atom. The minimum atomic E-state index is -0.613. The predicted molar refractivity (Wildman–Crippen MR) is 128 cm³/mol. The van der Waals surface area contributed by atoms with E-state index in [9.17, 15) is 14.4 Å². The number of hydrogen-bond acceptors (Lipinski definition) is 6. The summed E-state index contributed by atoms with van der Waals surface area (Å²) in [6.07, 6.45) is 3.69. The molecule has 1 saturated heterocycles. The van der Waals surface area contributed by atoms with Gasteiger partial charge in [0, 0.05) is 35.5 Å². The molecule has 0 aliphatic carbocycles. The van der Waals surface area contributed by atoms with E-state index in [1.165, 1.54) is 11.3 Å². The zero-order valence-corrected chi connectivity index (χ0v) is 19.7. The summed E-state index contributed by atoms with van der Waals surface area (Å²) in [4.78, 5) is 42.3. The number of thiophene rings is 1. The molecule has 9 nitrogen and oxygen atoms in total. The topological polar surface area (TPSA) is 116 Å². The van der Waals surface area contributed by atoms with Gasteiger partial charge in [-0.15, -0.1) is 11.3 Å². The quantitative estimate of drug-likeness (QED) is 0.499. The highest BCUT2D eigenvalue weighted by atomic mass is 32.1. The molecule has 2 aromatic heterocycles. The smallest absolute Gasteiger partial charge is 0.261 e. The van der Waals surface area contributed by atoms with Crippen LogP contribution in [0, 0.1) is 0 Å². The summed E-state index contributed by atoms with van der Waals surface area (Å²) in [5.41, 5.74) is 2.34. The molecule has 3 aromatic rings. The van der Waals surface area contributed by atoms with E-state index in [4.69, 9.17) is 4.74 Å². The van der Waals surface area contributed by atoms with Gasteiger partial charge >= 0.3 is 0 Å². The maximum atomic E-state index is 13.3. The lowest BCUT2D eigenvalue weighted by molar-refractivity contribution is -0.134. The number of benzene rings is 1. The molecule has 3 amide bonds. The van der Waals surface area contributed by atoms with Crippen molar-refractivity contribution < 1.29 is 19.1 Å². The molecule has 2 atom stereocenters. The molecule has 4 heterocycles. The van der Waals surface area contributed by atoms with Crippen molar-refractivity contribution in [1.82, 2.24) is 25.7 Å². The van der Waals surface area contributed by atoms with Crippen LogP contribution in [0.5, 0.6) is 0 Å². The van der Waals surface area contributed by atoms with Gasteiger partial charge in [0.2, 0.25) is 5.91 Å². The van der Waals surface area contributed by atoms with Crippen LogP contribution in [-0.4, -0.2) is 64.7 Å². The number of amides is 3. The van der Waals surface area contributed by atoms with Crippen LogP contribution in [0.4, 0.5) is 0 Å². The van der Waals surface area contributed by atoms with E-state index in [0.29, 0.717) is 49.6 Å². The second-order valence-electron chi connectivity index (χ2n) is 8.71. The Bertz CT molecular complexity index is 1230. The van der Waals surface area contributed by atoms with Gasteiger partial charge in [-0.25, -0.2) is 0 Å². The monoisotopic (exact) mass is 481 g/mol. The lowest BCUT2D eigenvalue weighted by Crippen LogP contribution is -2.49. The maximum Gasteiger partial charge on any atom is 0.261 e. The number of nitrogens with one attached hydrogen (secondary N) is 3. The van der Waals surface area contributed by atoms with Gasteiger partial charge in [-0.1, -0.05) is 6.92 Å². The summed E-state index contributed by atoms with van der Waals surface area (Å²) in [6, 6.07) is 6.62. The van der Waals surface area contributed by atoms with Crippen LogP contribution in [0.1, 0.15) is 50.2 Å². The Balaban J connectivity index is 1.23. The van der Waals surface area contributed by atoms with E-state index >= 15 is 0 Å². The summed E-state index contributed by atoms with van der Waals surface area (Å²) < 4.78 is 5.33. The van der Waals surface area contributed by atoms with E-state index in [1.54, 1.807) is 29.3 Å². The SMILES string of the molecule is CC[C@@H](NC(=O)c1ccc2[nH]ncc2c1)C(=O)N1CCc2sc(C(=O)NC3CCOC3)cc2C1. The second kappa shape index (κ2) is 9.55. The molecule has 1 aromatic carbocycles. The Kier molecular flexibility index (Phi) is 6.34. The normalized spacial score (nSPS) is 18.5. The van der Waals surface area contributed by atoms with Crippen molar-refractivity contribution in [3.05, 3.63) is 51.3 Å². The van der Waals surface area contributed by atoms with Gasteiger partial charge in [-0.2, -0.15) is 5.10 Å². The third-order valence-electron chi connectivity index (χ3n) is 6.38. The molecular weight excluding hydrogens is 454 g/mol. The van der Waals surface area contributed by atoms with Gasteiger partial charge in [0.05, 0.1) is 29.2 Å². The molecule has 1 unspecified atom stereocenters. The first-order valence-corrected chi connectivity index (χ1v) is 12.4. The first-order valence-electron chi connectivity index (χ1n) is 11.5. The Morgan fingerprint density at radius 1 is 1.29 bits per heavy atom. The molecule has 10 heteroatoms. The molecule has 0 spiro atoms. The van der Waals surface area contributed by atoms with Crippen molar-refractivity contribution in [2.45, 2.75) is 44.8 Å². The van der Waals surface area contributed by atoms with E-state index in [2.05, 4.69) is 20.8 Å². The van der Waals surface area contributed by atoms with Gasteiger partial charge in [0.25, 0.3) is 11.8 Å². The molecule has 3 N–H and O–H groups in total. The summed E-state index contributed by atoms with van der Waals surface area (Å²) in [6.45, 7) is 4.13. The van der Waals surface area contributed by atoms with Crippen molar-refractivity contribution in [2.24, 2.45) is 0 Å². The van der Waals surface area contributed by atoms with E-state index in [0.717, 1.165) is 27.8 Å². The Labute approximate surface area is 200 Å². The number of carbonyl (C=O) groups is 3. The number of rotatable bonds is 6. The zero-order valence-electron chi connectivity index (χ0n) is 18.9. The van der Waals surface area contributed by atoms with Gasteiger partial charge in [0.1, 0.15) is 6.04 Å². The summed E-state index contributed by atoms with van der Waals surface area (Å²) >= 11 is 1.50. The summed E-state index contributed by atoms with van der Waals surface area (Å²) in [5, 5.41) is 13.6. The fraction of sp³-hybridized carbons (Fsp3) is 0.417. The fourth-order valence-corrected chi connectivity index (χ4v) is 5.49. The van der Waals surface area contributed by atoms with Crippen molar-refractivity contribution in [1.29, 1.82) is 0 Å². The Hall–Kier alpha value is -3.24. The first-order chi connectivity index (χ1) is 16.5. The minimum Gasteiger partial charge on any atom is -0.379 e. The number of aromatic amines is 1. The molecule has 34 heavy (non-hydrogen) atoms.